The van der Waals surface area contributed by atoms with Gasteiger partial charge < -0.3 is 5.32 Å². The van der Waals surface area contributed by atoms with Crippen molar-refractivity contribution in [1.29, 1.82) is 0 Å². The Labute approximate surface area is 137 Å². The van der Waals surface area contributed by atoms with E-state index in [0.29, 0.717) is 11.3 Å². The molecular formula is C16H14N4O4. The van der Waals surface area contributed by atoms with Gasteiger partial charge in [-0.05, 0) is 29.8 Å². The molecule has 0 aromatic heterocycles. The maximum Gasteiger partial charge on any atom is 0.269 e. The van der Waals surface area contributed by atoms with Crippen molar-refractivity contribution in [3.63, 3.8) is 0 Å². The molecule has 0 saturated heterocycles. The van der Waals surface area contributed by atoms with E-state index < -0.39 is 16.7 Å². The zero-order chi connectivity index (χ0) is 17.4. The van der Waals surface area contributed by atoms with Crippen LogP contribution in [0, 0.1) is 10.1 Å². The van der Waals surface area contributed by atoms with Crippen LogP contribution in [0.4, 0.5) is 11.4 Å². The summed E-state index contributed by atoms with van der Waals surface area (Å²) < 4.78 is 0. The maximum absolute atomic E-state index is 11.7. The van der Waals surface area contributed by atoms with Crippen LogP contribution in [0.1, 0.15) is 12.0 Å². The van der Waals surface area contributed by atoms with Gasteiger partial charge in [0.1, 0.15) is 6.42 Å². The number of rotatable bonds is 6. The lowest BCUT2D eigenvalue weighted by atomic mass is 10.2. The quantitative estimate of drug-likeness (QED) is 0.366. The summed E-state index contributed by atoms with van der Waals surface area (Å²) in [6, 6.07) is 14.4. The summed E-state index contributed by atoms with van der Waals surface area (Å²) in [6.07, 6.45) is 0.962. The molecule has 0 heterocycles. The van der Waals surface area contributed by atoms with Gasteiger partial charge in [-0.15, -0.1) is 0 Å². The summed E-state index contributed by atoms with van der Waals surface area (Å²) in [4.78, 5) is 33.3. The lowest BCUT2D eigenvalue weighted by Crippen LogP contribution is -2.24. The predicted octanol–water partition coefficient (Wildman–Crippen LogP) is 2.07. The van der Waals surface area contributed by atoms with E-state index in [-0.39, 0.29) is 12.1 Å². The summed E-state index contributed by atoms with van der Waals surface area (Å²) in [5, 5.41) is 16.8. The van der Waals surface area contributed by atoms with Crippen LogP contribution in [0.2, 0.25) is 0 Å². The van der Waals surface area contributed by atoms with Gasteiger partial charge in [0, 0.05) is 17.8 Å². The normalized spacial score (nSPS) is 10.3. The van der Waals surface area contributed by atoms with E-state index >= 15 is 0 Å². The number of nitrogens with one attached hydrogen (secondary N) is 2. The average Bonchev–Trinajstić information content (AvgIpc) is 2.56. The first-order valence-corrected chi connectivity index (χ1v) is 6.96. The van der Waals surface area contributed by atoms with Crippen molar-refractivity contribution in [1.82, 2.24) is 5.43 Å². The standard InChI is InChI=1S/C16H14N4O4/c21-15(18-13-4-2-1-3-5-13)10-16(22)19-17-11-12-6-8-14(9-7-12)20(23)24/h1-9,11H,10H2,(H,18,21)(H,19,22). The Morgan fingerprint density at radius 2 is 1.71 bits per heavy atom. The predicted molar refractivity (Wildman–Crippen MR) is 88.5 cm³/mol. The van der Waals surface area contributed by atoms with Crippen LogP contribution in [-0.4, -0.2) is 23.0 Å². The molecule has 0 spiro atoms. The lowest BCUT2D eigenvalue weighted by molar-refractivity contribution is -0.384. The molecule has 0 radical (unpaired) electrons. The van der Waals surface area contributed by atoms with Gasteiger partial charge in [0.2, 0.25) is 11.8 Å². The van der Waals surface area contributed by atoms with Gasteiger partial charge in [-0.1, -0.05) is 18.2 Å². The topological polar surface area (TPSA) is 114 Å². The molecule has 2 rings (SSSR count). The molecule has 24 heavy (non-hydrogen) atoms. The molecule has 0 bridgehead atoms. The maximum atomic E-state index is 11.7. The van der Waals surface area contributed by atoms with E-state index in [4.69, 9.17) is 0 Å². The fraction of sp³-hybridized carbons (Fsp3) is 0.0625. The fourth-order valence-electron chi connectivity index (χ4n) is 1.77. The smallest absolute Gasteiger partial charge is 0.269 e. The molecular weight excluding hydrogens is 312 g/mol. The first kappa shape index (κ1) is 16.8. The second kappa shape index (κ2) is 8.18. The molecule has 0 aliphatic carbocycles. The second-order valence-corrected chi connectivity index (χ2v) is 4.73. The highest BCUT2D eigenvalue weighted by Crippen LogP contribution is 2.10. The van der Waals surface area contributed by atoms with Gasteiger partial charge in [-0.3, -0.25) is 19.7 Å². The number of carbonyl (C=O) groups excluding carboxylic acids is 2. The van der Waals surface area contributed by atoms with Gasteiger partial charge in [-0.2, -0.15) is 5.10 Å². The number of para-hydroxylation sites is 1. The lowest BCUT2D eigenvalue weighted by Gasteiger charge is -2.03. The second-order valence-electron chi connectivity index (χ2n) is 4.73. The monoisotopic (exact) mass is 326 g/mol. The van der Waals surface area contributed by atoms with Crippen molar-refractivity contribution < 1.29 is 14.5 Å². The number of non-ortho nitro benzene ring substituents is 1. The van der Waals surface area contributed by atoms with Crippen molar-refractivity contribution in [2.45, 2.75) is 6.42 Å². The Morgan fingerprint density at radius 3 is 2.33 bits per heavy atom. The van der Waals surface area contributed by atoms with Crippen LogP contribution < -0.4 is 10.7 Å². The van der Waals surface area contributed by atoms with E-state index in [1.807, 2.05) is 6.07 Å². The molecule has 0 fully saturated rings. The molecule has 0 unspecified atom stereocenters. The van der Waals surface area contributed by atoms with Gasteiger partial charge in [0.25, 0.3) is 5.69 Å². The number of hydrogen-bond acceptors (Lipinski definition) is 5. The first-order chi connectivity index (χ1) is 11.5. The van der Waals surface area contributed by atoms with Crippen molar-refractivity contribution in [3.8, 4) is 0 Å². The van der Waals surface area contributed by atoms with Crippen LogP contribution in [0.25, 0.3) is 0 Å². The molecule has 0 aliphatic rings. The molecule has 0 saturated carbocycles. The summed E-state index contributed by atoms with van der Waals surface area (Å²) in [5.41, 5.74) is 3.37. The van der Waals surface area contributed by atoms with Gasteiger partial charge >= 0.3 is 0 Å². The minimum absolute atomic E-state index is 0.0335. The van der Waals surface area contributed by atoms with Gasteiger partial charge in [0.15, 0.2) is 0 Å². The first-order valence-electron chi connectivity index (χ1n) is 6.96. The van der Waals surface area contributed by atoms with E-state index in [9.17, 15) is 19.7 Å². The Balaban J connectivity index is 1.79. The van der Waals surface area contributed by atoms with Gasteiger partial charge in [-0.25, -0.2) is 5.43 Å². The average molecular weight is 326 g/mol. The molecule has 2 amide bonds. The molecule has 2 aromatic carbocycles. The van der Waals surface area contributed by atoms with E-state index in [0.717, 1.165) is 0 Å². The summed E-state index contributed by atoms with van der Waals surface area (Å²) in [7, 11) is 0. The molecule has 0 atom stereocenters. The Bertz CT molecular complexity index is 757. The molecule has 8 nitrogen and oxygen atoms in total. The third-order valence-electron chi connectivity index (χ3n) is 2.89. The Kier molecular flexibility index (Phi) is 5.73. The zero-order valence-electron chi connectivity index (χ0n) is 12.5. The number of hydrogen-bond donors (Lipinski definition) is 2. The van der Waals surface area contributed by atoms with Crippen LogP contribution >= 0.6 is 0 Å². The van der Waals surface area contributed by atoms with E-state index in [1.165, 1.54) is 30.5 Å². The number of nitro groups is 1. The fourth-order valence-corrected chi connectivity index (χ4v) is 1.77. The molecule has 8 heteroatoms. The number of nitro benzene ring substituents is 1. The molecule has 2 aromatic rings. The number of nitrogens with zero attached hydrogens (tertiary/aromatic N) is 2. The van der Waals surface area contributed by atoms with Crippen LogP contribution in [0.5, 0.6) is 0 Å². The highest BCUT2D eigenvalue weighted by atomic mass is 16.6. The van der Waals surface area contributed by atoms with Crippen molar-refractivity contribution in [2.75, 3.05) is 5.32 Å². The van der Waals surface area contributed by atoms with Crippen molar-refractivity contribution in [3.05, 3.63) is 70.3 Å². The summed E-state index contributed by atoms with van der Waals surface area (Å²) in [5.74, 6) is -1.02. The van der Waals surface area contributed by atoms with Crippen LogP contribution in [-0.2, 0) is 9.59 Å². The largest absolute Gasteiger partial charge is 0.326 e. The SMILES string of the molecule is O=C(CC(=O)Nc1ccccc1)NN=Cc1ccc([N+](=O)[O-])cc1. The molecule has 122 valence electrons. The number of benzene rings is 2. The van der Waals surface area contributed by atoms with Crippen molar-refractivity contribution in [2.24, 2.45) is 5.10 Å². The van der Waals surface area contributed by atoms with Crippen molar-refractivity contribution >= 4 is 29.4 Å². The number of anilines is 1. The third kappa shape index (κ3) is 5.34. The Hall–Kier alpha value is -3.55. The third-order valence-corrected chi connectivity index (χ3v) is 2.89. The minimum atomic E-state index is -0.568. The highest BCUT2D eigenvalue weighted by molar-refractivity contribution is 6.03. The van der Waals surface area contributed by atoms with Crippen LogP contribution in [0.15, 0.2) is 59.7 Å². The number of carbonyl (C=O) groups is 2. The number of amides is 2. The minimum Gasteiger partial charge on any atom is -0.326 e. The molecule has 0 aliphatic heterocycles. The Morgan fingerprint density at radius 1 is 1.04 bits per heavy atom. The number of hydrazone groups is 1. The summed E-state index contributed by atoms with van der Waals surface area (Å²) >= 11 is 0. The molecule has 2 N–H and O–H groups in total. The van der Waals surface area contributed by atoms with Crippen LogP contribution in [0.3, 0.4) is 0 Å². The zero-order valence-corrected chi connectivity index (χ0v) is 12.5. The van der Waals surface area contributed by atoms with Gasteiger partial charge in [0.05, 0.1) is 11.1 Å². The highest BCUT2D eigenvalue weighted by Gasteiger charge is 2.08. The van der Waals surface area contributed by atoms with E-state index in [1.54, 1.807) is 24.3 Å². The van der Waals surface area contributed by atoms with E-state index in [2.05, 4.69) is 15.8 Å². The summed E-state index contributed by atoms with van der Waals surface area (Å²) in [6.45, 7) is 0.